The zero-order valence-corrected chi connectivity index (χ0v) is 16.4. The average Bonchev–Trinajstić information content (AvgIpc) is 3.02. The van der Waals surface area contributed by atoms with Gasteiger partial charge < -0.3 is 4.90 Å². The molecule has 2 aliphatic rings. The topological polar surface area (TPSA) is 57.7 Å². The first kappa shape index (κ1) is 19.8. The van der Waals surface area contributed by atoms with Gasteiger partial charge in [-0.1, -0.05) is 24.3 Å². The second kappa shape index (κ2) is 6.76. The predicted octanol–water partition coefficient (Wildman–Crippen LogP) is 3.27. The fourth-order valence-electron chi connectivity index (χ4n) is 4.06. The Morgan fingerprint density at radius 1 is 1.07 bits per heavy atom. The second-order valence-corrected chi connectivity index (χ2v) is 9.20. The maximum Gasteiger partial charge on any atom is 0.471 e. The van der Waals surface area contributed by atoms with Crippen LogP contribution in [-0.4, -0.2) is 38.0 Å². The van der Waals surface area contributed by atoms with Gasteiger partial charge in [-0.15, -0.1) is 0 Å². The Morgan fingerprint density at radius 3 is 2.52 bits per heavy atom. The Kier molecular flexibility index (Phi) is 4.60. The van der Waals surface area contributed by atoms with Crippen molar-refractivity contribution in [2.75, 3.05) is 10.8 Å². The lowest BCUT2D eigenvalue weighted by Crippen LogP contribution is -2.43. The Morgan fingerprint density at radius 2 is 1.79 bits per heavy atom. The van der Waals surface area contributed by atoms with Crippen molar-refractivity contribution in [2.24, 2.45) is 0 Å². The minimum atomic E-state index is -4.95. The predicted molar refractivity (Wildman–Crippen MR) is 101 cm³/mol. The number of para-hydroxylation sites is 1. The van der Waals surface area contributed by atoms with Gasteiger partial charge in [-0.2, -0.15) is 13.2 Å². The van der Waals surface area contributed by atoms with Crippen LogP contribution in [0.4, 0.5) is 18.9 Å². The molecule has 0 fully saturated rings. The van der Waals surface area contributed by atoms with E-state index in [1.54, 1.807) is 18.2 Å². The lowest BCUT2D eigenvalue weighted by atomic mass is 10.00. The minimum absolute atomic E-state index is 0.0149. The largest absolute Gasteiger partial charge is 0.471 e. The Labute approximate surface area is 166 Å². The molecule has 0 radical (unpaired) electrons. The highest BCUT2D eigenvalue weighted by atomic mass is 32.2. The van der Waals surface area contributed by atoms with Crippen LogP contribution in [0.1, 0.15) is 23.6 Å². The molecule has 0 saturated carbocycles. The molecule has 9 heteroatoms. The molecule has 0 saturated heterocycles. The zero-order valence-electron chi connectivity index (χ0n) is 15.6. The van der Waals surface area contributed by atoms with E-state index < -0.39 is 22.1 Å². The van der Waals surface area contributed by atoms with Gasteiger partial charge >= 0.3 is 12.1 Å². The van der Waals surface area contributed by atoms with Gasteiger partial charge in [-0.3, -0.25) is 9.10 Å². The number of sulfonamides is 1. The summed E-state index contributed by atoms with van der Waals surface area (Å²) in [4.78, 5) is 12.3. The summed E-state index contributed by atoms with van der Waals surface area (Å²) in [6.45, 7) is 1.51. The molecule has 1 amide bonds. The number of hydrogen-bond donors (Lipinski definition) is 0. The highest BCUT2D eigenvalue weighted by Crippen LogP contribution is 2.37. The molecule has 2 heterocycles. The average molecular weight is 424 g/mol. The highest BCUT2D eigenvalue weighted by molar-refractivity contribution is 7.92. The van der Waals surface area contributed by atoms with Crippen molar-refractivity contribution in [2.45, 2.75) is 43.4 Å². The third kappa shape index (κ3) is 3.37. The number of anilines is 1. The van der Waals surface area contributed by atoms with Gasteiger partial charge in [0.25, 0.3) is 10.0 Å². The first-order valence-electron chi connectivity index (χ1n) is 9.19. The normalized spacial score (nSPS) is 19.1. The minimum Gasteiger partial charge on any atom is -0.330 e. The maximum absolute atomic E-state index is 13.3. The van der Waals surface area contributed by atoms with Crippen molar-refractivity contribution in [3.05, 3.63) is 59.2 Å². The van der Waals surface area contributed by atoms with Crippen LogP contribution >= 0.6 is 0 Å². The quantitative estimate of drug-likeness (QED) is 0.744. The van der Waals surface area contributed by atoms with Crippen LogP contribution in [0.2, 0.25) is 0 Å². The van der Waals surface area contributed by atoms with Gasteiger partial charge in [0.15, 0.2) is 0 Å². The van der Waals surface area contributed by atoms with Crippen molar-refractivity contribution in [3.8, 4) is 0 Å². The molecular weight excluding hydrogens is 405 g/mol. The number of nitrogens with zero attached hydrogens (tertiary/aromatic N) is 2. The highest BCUT2D eigenvalue weighted by Gasteiger charge is 2.43. The summed E-state index contributed by atoms with van der Waals surface area (Å²) in [5, 5.41) is 0. The molecule has 154 valence electrons. The van der Waals surface area contributed by atoms with Gasteiger partial charge in [-0.25, -0.2) is 8.42 Å². The smallest absolute Gasteiger partial charge is 0.330 e. The Balaban J connectivity index is 1.68. The second-order valence-electron chi connectivity index (χ2n) is 7.39. The van der Waals surface area contributed by atoms with Gasteiger partial charge in [0.05, 0.1) is 10.6 Å². The molecule has 0 bridgehead atoms. The maximum atomic E-state index is 13.3. The number of halogens is 3. The third-order valence-electron chi connectivity index (χ3n) is 5.42. The number of benzene rings is 2. The number of amides is 1. The molecular formula is C20H19F3N2O3S. The van der Waals surface area contributed by atoms with Gasteiger partial charge in [0.1, 0.15) is 0 Å². The van der Waals surface area contributed by atoms with E-state index in [4.69, 9.17) is 0 Å². The van der Waals surface area contributed by atoms with Crippen LogP contribution < -0.4 is 4.31 Å². The van der Waals surface area contributed by atoms with Gasteiger partial charge in [0.2, 0.25) is 0 Å². The molecule has 1 unspecified atom stereocenters. The molecule has 0 N–H and O–H groups in total. The van der Waals surface area contributed by atoms with Crippen LogP contribution in [-0.2, 0) is 34.2 Å². The van der Waals surface area contributed by atoms with E-state index in [2.05, 4.69) is 0 Å². The van der Waals surface area contributed by atoms with Crippen molar-refractivity contribution < 1.29 is 26.4 Å². The standard InChI is InChI=1S/C20H19F3N2O3S/c1-13-10-15-4-2-3-5-18(15)25(13)29(27,28)17-7-6-14-8-9-24(12-16(14)11-17)19(26)20(21,22)23/h2-7,11,13H,8-10,12H2,1H3. The number of fused-ring (bicyclic) bond motifs is 2. The van der Waals surface area contributed by atoms with Crippen LogP contribution in [0.3, 0.4) is 0 Å². The molecule has 5 nitrogen and oxygen atoms in total. The van der Waals surface area contributed by atoms with E-state index in [0.29, 0.717) is 22.6 Å². The summed E-state index contributed by atoms with van der Waals surface area (Å²) in [7, 11) is -3.89. The van der Waals surface area contributed by atoms with E-state index in [9.17, 15) is 26.4 Å². The third-order valence-corrected chi connectivity index (χ3v) is 7.35. The van der Waals surface area contributed by atoms with E-state index in [0.717, 1.165) is 11.1 Å². The number of rotatable bonds is 2. The van der Waals surface area contributed by atoms with E-state index in [-0.39, 0.29) is 30.4 Å². The molecule has 2 aromatic rings. The van der Waals surface area contributed by atoms with E-state index in [1.807, 2.05) is 19.1 Å². The van der Waals surface area contributed by atoms with Crippen LogP contribution in [0, 0.1) is 0 Å². The first-order valence-corrected chi connectivity index (χ1v) is 10.6. The molecule has 4 rings (SSSR count). The van der Waals surface area contributed by atoms with E-state index in [1.165, 1.54) is 16.4 Å². The zero-order chi connectivity index (χ0) is 21.0. The SMILES string of the molecule is CC1Cc2ccccc2N1S(=O)(=O)c1ccc2c(c1)CN(C(=O)C(F)(F)F)CC2. The van der Waals surface area contributed by atoms with Crippen molar-refractivity contribution in [1.82, 2.24) is 4.90 Å². The van der Waals surface area contributed by atoms with Crippen LogP contribution in [0.5, 0.6) is 0 Å². The molecule has 1 atom stereocenters. The summed E-state index contributed by atoms with van der Waals surface area (Å²) in [5.41, 5.74) is 2.73. The first-order chi connectivity index (χ1) is 13.6. The summed E-state index contributed by atoms with van der Waals surface area (Å²) in [5.74, 6) is -1.90. The monoisotopic (exact) mass is 424 g/mol. The summed E-state index contributed by atoms with van der Waals surface area (Å²) < 4.78 is 66.4. The molecule has 2 aliphatic heterocycles. The van der Waals surface area contributed by atoms with Crippen LogP contribution in [0.15, 0.2) is 47.4 Å². The van der Waals surface area contributed by atoms with Crippen molar-refractivity contribution in [1.29, 1.82) is 0 Å². The Hall–Kier alpha value is -2.55. The number of alkyl halides is 3. The van der Waals surface area contributed by atoms with Crippen molar-refractivity contribution >= 4 is 21.6 Å². The summed E-state index contributed by atoms with van der Waals surface area (Å²) in [6, 6.07) is 11.5. The van der Waals surface area contributed by atoms with Gasteiger partial charge in [0, 0.05) is 19.1 Å². The van der Waals surface area contributed by atoms with E-state index >= 15 is 0 Å². The molecule has 0 spiro atoms. The Bertz CT molecular complexity index is 1080. The van der Waals surface area contributed by atoms with Gasteiger partial charge in [-0.05, 0) is 54.7 Å². The van der Waals surface area contributed by atoms with Crippen molar-refractivity contribution in [3.63, 3.8) is 0 Å². The lowest BCUT2D eigenvalue weighted by Gasteiger charge is -2.30. The number of carbonyl (C=O) groups excluding carboxylic acids is 1. The summed E-state index contributed by atoms with van der Waals surface area (Å²) in [6.07, 6.45) is -4.11. The van der Waals surface area contributed by atoms with Crippen LogP contribution in [0.25, 0.3) is 0 Å². The molecule has 0 aromatic heterocycles. The number of carbonyl (C=O) groups is 1. The molecule has 2 aromatic carbocycles. The molecule has 29 heavy (non-hydrogen) atoms. The fourth-order valence-corrected chi connectivity index (χ4v) is 5.81. The fraction of sp³-hybridized carbons (Fsp3) is 0.350. The summed E-state index contributed by atoms with van der Waals surface area (Å²) >= 11 is 0. The number of hydrogen-bond acceptors (Lipinski definition) is 3. The molecule has 0 aliphatic carbocycles. The lowest BCUT2D eigenvalue weighted by molar-refractivity contribution is -0.186.